The first-order valence-electron chi connectivity index (χ1n) is 9.20. The Balaban J connectivity index is 1.92. The van der Waals surface area contributed by atoms with Gasteiger partial charge >= 0.3 is 5.91 Å². The van der Waals surface area contributed by atoms with E-state index >= 15 is 0 Å². The summed E-state index contributed by atoms with van der Waals surface area (Å²) < 4.78 is 0. The second-order valence-corrected chi connectivity index (χ2v) is 8.15. The minimum atomic E-state index is -1.01. The summed E-state index contributed by atoms with van der Waals surface area (Å²) in [7, 11) is 0. The number of benzene rings is 2. The number of anilines is 1. The van der Waals surface area contributed by atoms with Crippen LogP contribution in [0.4, 0.5) is 10.8 Å². The molecule has 0 saturated carbocycles. The summed E-state index contributed by atoms with van der Waals surface area (Å²) in [5.74, 6) is -2.05. The number of amides is 1. The molecular formula is C21H16N4O5S. The van der Waals surface area contributed by atoms with Gasteiger partial charge in [0, 0.05) is 17.7 Å². The van der Waals surface area contributed by atoms with Crippen LogP contribution in [-0.2, 0) is 9.59 Å². The van der Waals surface area contributed by atoms with E-state index in [9.17, 15) is 24.8 Å². The molecule has 0 bridgehead atoms. The Morgan fingerprint density at radius 3 is 2.26 bits per heavy atom. The molecule has 1 aliphatic rings. The Hall–Kier alpha value is -3.92. The number of nitro groups is 1. The van der Waals surface area contributed by atoms with Crippen molar-refractivity contribution in [1.29, 1.82) is 0 Å². The van der Waals surface area contributed by atoms with E-state index in [1.54, 1.807) is 31.2 Å². The number of ketones is 1. The lowest BCUT2D eigenvalue weighted by molar-refractivity contribution is -0.384. The van der Waals surface area contributed by atoms with Gasteiger partial charge in [-0.3, -0.25) is 24.6 Å². The van der Waals surface area contributed by atoms with E-state index in [1.807, 2.05) is 6.92 Å². The predicted octanol–water partition coefficient (Wildman–Crippen LogP) is 3.69. The fourth-order valence-electron chi connectivity index (χ4n) is 3.37. The molecule has 1 amide bonds. The van der Waals surface area contributed by atoms with Gasteiger partial charge in [0.25, 0.3) is 11.5 Å². The van der Waals surface area contributed by atoms with Crippen LogP contribution in [0.25, 0.3) is 5.76 Å². The highest BCUT2D eigenvalue weighted by Gasteiger charge is 2.48. The van der Waals surface area contributed by atoms with E-state index < -0.39 is 22.7 Å². The number of hydrogen-bond donors (Lipinski definition) is 1. The van der Waals surface area contributed by atoms with E-state index in [4.69, 9.17) is 0 Å². The second-order valence-electron chi connectivity index (χ2n) is 6.99. The number of rotatable bonds is 4. The smallest absolute Gasteiger partial charge is 0.301 e. The molecule has 3 aromatic rings. The van der Waals surface area contributed by atoms with Crippen molar-refractivity contribution in [3.8, 4) is 0 Å². The summed E-state index contributed by atoms with van der Waals surface area (Å²) in [6.45, 7) is 3.60. The number of aliphatic hydroxyl groups excluding tert-OH is 1. The predicted molar refractivity (Wildman–Crippen MR) is 114 cm³/mol. The van der Waals surface area contributed by atoms with Crippen molar-refractivity contribution in [2.45, 2.75) is 19.9 Å². The van der Waals surface area contributed by atoms with E-state index in [0.717, 1.165) is 16.9 Å². The first-order chi connectivity index (χ1) is 14.8. The van der Waals surface area contributed by atoms with Crippen molar-refractivity contribution in [2.75, 3.05) is 4.90 Å². The summed E-state index contributed by atoms with van der Waals surface area (Å²) in [6.07, 6.45) is 0. The molecule has 0 radical (unpaired) electrons. The molecule has 1 fully saturated rings. The molecule has 1 unspecified atom stereocenters. The molecule has 1 saturated heterocycles. The molecule has 2 heterocycles. The monoisotopic (exact) mass is 436 g/mol. The lowest BCUT2D eigenvalue weighted by atomic mass is 9.95. The molecule has 0 spiro atoms. The van der Waals surface area contributed by atoms with Crippen molar-refractivity contribution in [3.05, 3.63) is 85.9 Å². The average molecular weight is 436 g/mol. The van der Waals surface area contributed by atoms with E-state index in [1.165, 1.54) is 29.2 Å². The Morgan fingerprint density at radius 2 is 1.71 bits per heavy atom. The van der Waals surface area contributed by atoms with Crippen molar-refractivity contribution in [2.24, 2.45) is 0 Å². The normalized spacial score (nSPS) is 17.9. The van der Waals surface area contributed by atoms with Crippen LogP contribution in [0, 0.1) is 24.0 Å². The number of carbonyl (C=O) groups is 2. The number of aromatic nitrogens is 2. The molecule has 2 aromatic carbocycles. The van der Waals surface area contributed by atoms with E-state index in [-0.39, 0.29) is 22.2 Å². The zero-order chi connectivity index (χ0) is 22.3. The zero-order valence-corrected chi connectivity index (χ0v) is 17.3. The fraction of sp³-hybridized carbons (Fsp3) is 0.143. The summed E-state index contributed by atoms with van der Waals surface area (Å²) in [5.41, 5.74) is 1.52. The van der Waals surface area contributed by atoms with Gasteiger partial charge in [-0.1, -0.05) is 41.2 Å². The highest BCUT2D eigenvalue weighted by atomic mass is 32.1. The number of Topliss-reactive ketones (excluding diaryl/α,β-unsaturated/α-hetero) is 1. The molecule has 9 nitrogen and oxygen atoms in total. The summed E-state index contributed by atoms with van der Waals surface area (Å²) in [6, 6.07) is 11.3. The van der Waals surface area contributed by atoms with Crippen LogP contribution in [0.15, 0.2) is 54.1 Å². The van der Waals surface area contributed by atoms with Crippen molar-refractivity contribution in [3.63, 3.8) is 0 Å². The molecule has 156 valence electrons. The molecule has 10 heteroatoms. The van der Waals surface area contributed by atoms with E-state index in [0.29, 0.717) is 16.1 Å². The first-order valence-corrected chi connectivity index (χ1v) is 10.0. The SMILES string of the molecule is Cc1ccc(/C(O)=C2\C(=O)C(=O)N(c3nnc(C)s3)C2c2ccc([N+](=O)[O-])cc2)cc1. The first kappa shape index (κ1) is 20.4. The standard InChI is InChI=1S/C21H16N4O5S/c1-11-3-5-14(6-4-11)18(26)16-17(13-7-9-15(10-8-13)25(29)30)24(20(28)19(16)27)21-23-22-12(2)31-21/h3-10,17,26H,1-2H3/b18-16+. The number of hydrogen-bond acceptors (Lipinski definition) is 8. The number of aliphatic hydroxyl groups is 1. The Kier molecular flexibility index (Phi) is 5.07. The van der Waals surface area contributed by atoms with Crippen molar-refractivity contribution in [1.82, 2.24) is 10.2 Å². The van der Waals surface area contributed by atoms with Crippen LogP contribution in [0.1, 0.15) is 27.7 Å². The highest BCUT2D eigenvalue weighted by molar-refractivity contribution is 7.15. The van der Waals surface area contributed by atoms with Gasteiger partial charge in [-0.25, -0.2) is 0 Å². The fourth-order valence-corrected chi connectivity index (χ4v) is 4.09. The van der Waals surface area contributed by atoms with Crippen LogP contribution < -0.4 is 4.90 Å². The number of nitro benzene ring substituents is 1. The average Bonchev–Trinajstić information content (AvgIpc) is 3.29. The van der Waals surface area contributed by atoms with Crippen LogP contribution >= 0.6 is 11.3 Å². The highest BCUT2D eigenvalue weighted by Crippen LogP contribution is 2.43. The lowest BCUT2D eigenvalue weighted by Gasteiger charge is -2.22. The van der Waals surface area contributed by atoms with Crippen molar-refractivity contribution >= 4 is 39.6 Å². The third-order valence-corrected chi connectivity index (χ3v) is 5.75. The second kappa shape index (κ2) is 7.73. The van der Waals surface area contributed by atoms with Gasteiger partial charge in [0.15, 0.2) is 0 Å². The summed E-state index contributed by atoms with van der Waals surface area (Å²) in [5, 5.41) is 30.7. The van der Waals surface area contributed by atoms with Crippen LogP contribution in [0.3, 0.4) is 0 Å². The van der Waals surface area contributed by atoms with Gasteiger partial charge in [-0.15, -0.1) is 10.2 Å². The minimum absolute atomic E-state index is 0.115. The maximum Gasteiger partial charge on any atom is 0.301 e. The Morgan fingerprint density at radius 1 is 1.06 bits per heavy atom. The van der Waals surface area contributed by atoms with Gasteiger partial charge in [-0.2, -0.15) is 0 Å². The maximum absolute atomic E-state index is 13.0. The zero-order valence-electron chi connectivity index (χ0n) is 16.5. The van der Waals surface area contributed by atoms with E-state index in [2.05, 4.69) is 10.2 Å². The molecule has 1 aliphatic heterocycles. The van der Waals surface area contributed by atoms with Gasteiger partial charge in [-0.05, 0) is 31.5 Å². The topological polar surface area (TPSA) is 127 Å². The summed E-state index contributed by atoms with van der Waals surface area (Å²) in [4.78, 5) is 37.6. The number of non-ortho nitro benzene ring substituents is 1. The van der Waals surface area contributed by atoms with Crippen molar-refractivity contribution < 1.29 is 19.6 Å². The molecule has 1 N–H and O–H groups in total. The van der Waals surface area contributed by atoms with Crippen LogP contribution in [0.2, 0.25) is 0 Å². The number of nitrogens with zero attached hydrogens (tertiary/aromatic N) is 4. The van der Waals surface area contributed by atoms with Gasteiger partial charge < -0.3 is 5.11 Å². The number of aryl methyl sites for hydroxylation is 2. The molecule has 4 rings (SSSR count). The number of carbonyl (C=O) groups excluding carboxylic acids is 2. The lowest BCUT2D eigenvalue weighted by Crippen LogP contribution is -2.29. The van der Waals surface area contributed by atoms with Gasteiger partial charge in [0.05, 0.1) is 16.5 Å². The Labute approximate surface area is 180 Å². The van der Waals surface area contributed by atoms with Crippen LogP contribution in [-0.4, -0.2) is 31.9 Å². The Bertz CT molecular complexity index is 1230. The van der Waals surface area contributed by atoms with Gasteiger partial charge in [0.1, 0.15) is 10.8 Å². The van der Waals surface area contributed by atoms with Gasteiger partial charge in [0.2, 0.25) is 5.13 Å². The third kappa shape index (κ3) is 3.57. The molecule has 1 atom stereocenters. The van der Waals surface area contributed by atoms with Crippen LogP contribution in [0.5, 0.6) is 0 Å². The minimum Gasteiger partial charge on any atom is -0.507 e. The maximum atomic E-state index is 13.0. The largest absolute Gasteiger partial charge is 0.507 e. The summed E-state index contributed by atoms with van der Waals surface area (Å²) >= 11 is 1.13. The molecule has 31 heavy (non-hydrogen) atoms. The third-order valence-electron chi connectivity index (χ3n) is 4.91. The molecular weight excluding hydrogens is 420 g/mol. The molecule has 1 aromatic heterocycles. The quantitative estimate of drug-likeness (QED) is 0.217. The molecule has 0 aliphatic carbocycles.